The molecule has 0 bridgehead atoms. The summed E-state index contributed by atoms with van der Waals surface area (Å²) in [5, 5.41) is -0.823. The third-order valence-electron chi connectivity index (χ3n) is 1.51. The van der Waals surface area contributed by atoms with Crippen LogP contribution in [0.1, 0.15) is 17.6 Å². The van der Waals surface area contributed by atoms with Gasteiger partial charge in [-0.15, -0.1) is 0 Å². The first-order valence-electron chi connectivity index (χ1n) is 3.44. The number of halogens is 7. The molecule has 0 saturated carbocycles. The van der Waals surface area contributed by atoms with Gasteiger partial charge in [-0.3, -0.25) is 0 Å². The minimum Gasteiger partial charge on any atom is -0.243 e. The van der Waals surface area contributed by atoms with Crippen LogP contribution in [0.25, 0.3) is 0 Å². The van der Waals surface area contributed by atoms with Gasteiger partial charge in [0.1, 0.15) is 10.7 Å². The van der Waals surface area contributed by atoms with Crippen LogP contribution in [-0.2, 0) is 6.18 Å². The maximum Gasteiger partial charge on any atom is 0.420 e. The molecule has 0 aliphatic carbocycles. The Morgan fingerprint density at radius 3 is 2.27 bits per heavy atom. The second-order valence-corrected chi connectivity index (χ2v) is 3.93. The fraction of sp³-hybridized carbons (Fsp3) is 0.286. The quantitative estimate of drug-likeness (QED) is 0.415. The van der Waals surface area contributed by atoms with Crippen molar-refractivity contribution in [2.45, 2.75) is 12.6 Å². The van der Waals surface area contributed by atoms with Crippen molar-refractivity contribution < 1.29 is 22.0 Å². The Bertz CT molecular complexity index is 378. The molecule has 0 atom stereocenters. The monoisotopic (exact) mass is 357 g/mol. The molecule has 15 heavy (non-hydrogen) atoms. The van der Waals surface area contributed by atoms with E-state index >= 15 is 0 Å². The topological polar surface area (TPSA) is 12.9 Å². The fourth-order valence-corrected chi connectivity index (χ4v) is 2.22. The van der Waals surface area contributed by atoms with E-state index in [4.69, 9.17) is 11.6 Å². The van der Waals surface area contributed by atoms with E-state index in [1.54, 1.807) is 0 Å². The third-order valence-corrected chi connectivity index (χ3v) is 2.96. The summed E-state index contributed by atoms with van der Waals surface area (Å²) >= 11 is 6.39. The van der Waals surface area contributed by atoms with Crippen molar-refractivity contribution in [2.24, 2.45) is 0 Å². The minimum absolute atomic E-state index is 0.616. The van der Waals surface area contributed by atoms with Crippen molar-refractivity contribution in [3.63, 3.8) is 0 Å². The maximum atomic E-state index is 12.4. The molecule has 8 heteroatoms. The molecule has 0 aromatic carbocycles. The molecule has 84 valence electrons. The van der Waals surface area contributed by atoms with Gasteiger partial charge in [-0.1, -0.05) is 11.6 Å². The van der Waals surface area contributed by atoms with Crippen molar-refractivity contribution >= 4 is 34.2 Å². The van der Waals surface area contributed by atoms with E-state index in [0.29, 0.717) is 6.20 Å². The predicted octanol–water partition coefficient (Wildman–Crippen LogP) is 4.30. The lowest BCUT2D eigenvalue weighted by Gasteiger charge is -2.13. The van der Waals surface area contributed by atoms with Gasteiger partial charge in [-0.2, -0.15) is 13.2 Å². The largest absolute Gasteiger partial charge is 0.420 e. The molecule has 0 fully saturated rings. The van der Waals surface area contributed by atoms with E-state index < -0.39 is 32.5 Å². The van der Waals surface area contributed by atoms with Gasteiger partial charge in [-0.05, 0) is 22.6 Å². The lowest BCUT2D eigenvalue weighted by Crippen LogP contribution is -2.11. The first kappa shape index (κ1) is 12.9. The summed E-state index contributed by atoms with van der Waals surface area (Å²) in [6.45, 7) is 0. The molecule has 1 rings (SSSR count). The Morgan fingerprint density at radius 1 is 1.33 bits per heavy atom. The average molecular weight is 357 g/mol. The Kier molecular flexibility index (Phi) is 3.75. The number of hydrogen-bond donors (Lipinski definition) is 0. The van der Waals surface area contributed by atoms with Crippen LogP contribution in [0, 0.1) is 3.57 Å². The number of hydrogen-bond acceptors (Lipinski definition) is 1. The van der Waals surface area contributed by atoms with E-state index in [0.717, 1.165) is 0 Å². The highest BCUT2D eigenvalue weighted by atomic mass is 127. The molecule has 1 aromatic rings. The molecule has 1 aromatic heterocycles. The van der Waals surface area contributed by atoms with Crippen LogP contribution >= 0.6 is 34.2 Å². The van der Waals surface area contributed by atoms with Crippen molar-refractivity contribution in [1.82, 2.24) is 4.98 Å². The molecule has 1 heterocycles. The smallest absolute Gasteiger partial charge is 0.243 e. The van der Waals surface area contributed by atoms with Crippen LogP contribution in [0.15, 0.2) is 6.20 Å². The second kappa shape index (κ2) is 4.36. The second-order valence-electron chi connectivity index (χ2n) is 2.49. The molecule has 1 nitrogen and oxygen atoms in total. The van der Waals surface area contributed by atoms with Crippen molar-refractivity contribution in [1.29, 1.82) is 0 Å². The van der Waals surface area contributed by atoms with Gasteiger partial charge in [0, 0.05) is 9.77 Å². The zero-order chi connectivity index (χ0) is 11.8. The highest BCUT2D eigenvalue weighted by Crippen LogP contribution is 2.39. The first-order chi connectivity index (χ1) is 6.75. The van der Waals surface area contributed by atoms with E-state index in [2.05, 4.69) is 4.98 Å². The van der Waals surface area contributed by atoms with E-state index in [1.165, 1.54) is 22.6 Å². The van der Waals surface area contributed by atoms with Crippen LogP contribution in [0.5, 0.6) is 0 Å². The van der Waals surface area contributed by atoms with Crippen molar-refractivity contribution in [3.8, 4) is 0 Å². The molecule has 0 saturated heterocycles. The molecule has 0 unspecified atom stereocenters. The summed E-state index contributed by atoms with van der Waals surface area (Å²) < 4.78 is 61.1. The Hall–Kier alpha value is -0.180. The average Bonchev–Trinajstić information content (AvgIpc) is 2.00. The Morgan fingerprint density at radius 2 is 1.87 bits per heavy atom. The molecular formula is C7H2ClF5IN. The highest BCUT2D eigenvalue weighted by Gasteiger charge is 2.38. The summed E-state index contributed by atoms with van der Waals surface area (Å²) in [6, 6.07) is 0. The minimum atomic E-state index is -4.79. The SMILES string of the molecule is FC(F)c1cnc(Cl)c(C(F)(F)F)c1I. The van der Waals surface area contributed by atoms with Crippen LogP contribution in [0.2, 0.25) is 5.15 Å². The number of aromatic nitrogens is 1. The molecule has 0 radical (unpaired) electrons. The molecular weight excluding hydrogens is 355 g/mol. The van der Waals surface area contributed by atoms with Gasteiger partial charge in [0.05, 0.1) is 5.56 Å². The Balaban J connectivity index is 3.44. The number of rotatable bonds is 1. The number of nitrogens with zero attached hydrogens (tertiary/aromatic N) is 1. The predicted molar refractivity (Wildman–Crippen MR) is 51.9 cm³/mol. The zero-order valence-corrected chi connectivity index (χ0v) is 9.66. The lowest BCUT2D eigenvalue weighted by molar-refractivity contribution is -0.138. The van der Waals surface area contributed by atoms with Gasteiger partial charge >= 0.3 is 6.18 Å². The molecule has 0 amide bonds. The van der Waals surface area contributed by atoms with Crippen LogP contribution in [-0.4, -0.2) is 4.98 Å². The van der Waals surface area contributed by atoms with Gasteiger partial charge in [0.2, 0.25) is 0 Å². The Labute approximate surface area is 99.8 Å². The van der Waals surface area contributed by atoms with Crippen LogP contribution < -0.4 is 0 Å². The van der Waals surface area contributed by atoms with E-state index in [1.807, 2.05) is 0 Å². The van der Waals surface area contributed by atoms with E-state index in [-0.39, 0.29) is 0 Å². The summed E-state index contributed by atoms with van der Waals surface area (Å²) in [7, 11) is 0. The van der Waals surface area contributed by atoms with E-state index in [9.17, 15) is 22.0 Å². The van der Waals surface area contributed by atoms with Gasteiger partial charge < -0.3 is 0 Å². The van der Waals surface area contributed by atoms with Gasteiger partial charge in [-0.25, -0.2) is 13.8 Å². The standard InChI is InChI=1S/C7H2ClF5IN/c8-5-3(7(11,12)13)4(14)2(1-15-5)6(9)10/h1,6H. The van der Waals surface area contributed by atoms with Gasteiger partial charge in [0.25, 0.3) is 6.43 Å². The fourth-order valence-electron chi connectivity index (χ4n) is 0.876. The zero-order valence-electron chi connectivity index (χ0n) is 6.75. The molecule has 0 N–H and O–H groups in total. The third kappa shape index (κ3) is 2.68. The number of pyridine rings is 1. The normalized spacial score (nSPS) is 12.3. The summed E-state index contributed by atoms with van der Waals surface area (Å²) in [5.74, 6) is 0. The molecule has 0 spiro atoms. The maximum absolute atomic E-state index is 12.4. The summed E-state index contributed by atoms with van der Waals surface area (Å²) in [5.41, 5.74) is -2.09. The van der Waals surface area contributed by atoms with Crippen molar-refractivity contribution in [2.75, 3.05) is 0 Å². The van der Waals surface area contributed by atoms with Gasteiger partial charge in [0.15, 0.2) is 0 Å². The molecule has 0 aliphatic heterocycles. The highest BCUT2D eigenvalue weighted by molar-refractivity contribution is 14.1. The summed E-state index contributed by atoms with van der Waals surface area (Å²) in [4.78, 5) is 3.09. The molecule has 0 aliphatic rings. The number of alkyl halides is 5. The van der Waals surface area contributed by atoms with Crippen LogP contribution in [0.3, 0.4) is 0 Å². The summed E-state index contributed by atoms with van der Waals surface area (Å²) in [6.07, 6.45) is -7.15. The lowest BCUT2D eigenvalue weighted by atomic mass is 10.2. The van der Waals surface area contributed by atoms with Crippen LogP contribution in [0.4, 0.5) is 22.0 Å². The van der Waals surface area contributed by atoms with Crippen molar-refractivity contribution in [3.05, 3.63) is 26.0 Å². The first-order valence-corrected chi connectivity index (χ1v) is 4.90.